The summed E-state index contributed by atoms with van der Waals surface area (Å²) in [6.45, 7) is 1.09. The predicted molar refractivity (Wildman–Crippen MR) is 104 cm³/mol. The Labute approximate surface area is 161 Å². The molecule has 0 aliphatic carbocycles. The number of nitrogens with one attached hydrogen (secondary N) is 2. The average Bonchev–Trinajstić information content (AvgIpc) is 2.67. The van der Waals surface area contributed by atoms with E-state index in [1.807, 2.05) is 0 Å². The molecule has 3 rings (SSSR count). The third kappa shape index (κ3) is 4.75. The maximum Gasteiger partial charge on any atom is 0.262 e. The number of hydrogen-bond acceptors (Lipinski definition) is 4. The molecule has 27 heavy (non-hydrogen) atoms. The topological polar surface area (TPSA) is 67.4 Å². The molecule has 0 spiro atoms. The first-order chi connectivity index (χ1) is 13.1. The molecular weight excluding hydrogens is 367 g/mol. The minimum Gasteiger partial charge on any atom is -0.385 e. The molecule has 5 nitrogen and oxygen atoms in total. The van der Waals surface area contributed by atoms with Crippen LogP contribution in [0.5, 0.6) is 0 Å². The Kier molecular flexibility index (Phi) is 6.26. The van der Waals surface area contributed by atoms with Gasteiger partial charge in [0.15, 0.2) is 0 Å². The standard InChI is InChI=1S/C20H19FN2O3S/c1-26-10-4-9-22-19(24)14-7-8-17-16(11-14)23-20(25)18(27-17)12-13-5-2-3-6-15(13)21/h2-3,5-8,11-12H,4,9-10H2,1H3,(H,22,24)(H,23,25). The molecule has 0 fully saturated rings. The molecule has 0 bridgehead atoms. The van der Waals surface area contributed by atoms with E-state index in [1.54, 1.807) is 43.5 Å². The smallest absolute Gasteiger partial charge is 0.262 e. The summed E-state index contributed by atoms with van der Waals surface area (Å²) in [5.41, 5.74) is 1.39. The first-order valence-corrected chi connectivity index (χ1v) is 9.27. The summed E-state index contributed by atoms with van der Waals surface area (Å²) in [6, 6.07) is 11.4. The van der Waals surface area contributed by atoms with Crippen molar-refractivity contribution in [1.29, 1.82) is 0 Å². The van der Waals surface area contributed by atoms with E-state index in [0.29, 0.717) is 34.9 Å². The Balaban J connectivity index is 1.75. The van der Waals surface area contributed by atoms with Crippen molar-refractivity contribution in [1.82, 2.24) is 5.32 Å². The first kappa shape index (κ1) is 19.1. The number of anilines is 1. The molecular formula is C20H19FN2O3S. The molecule has 0 saturated heterocycles. The van der Waals surface area contributed by atoms with Crippen LogP contribution in [0.3, 0.4) is 0 Å². The van der Waals surface area contributed by atoms with Crippen LogP contribution in [0.1, 0.15) is 22.3 Å². The van der Waals surface area contributed by atoms with E-state index in [2.05, 4.69) is 10.6 Å². The second-order valence-corrected chi connectivity index (χ2v) is 6.98. The van der Waals surface area contributed by atoms with Crippen molar-refractivity contribution in [2.75, 3.05) is 25.6 Å². The Morgan fingerprint density at radius 1 is 1.30 bits per heavy atom. The van der Waals surface area contributed by atoms with Gasteiger partial charge in [0, 0.05) is 36.3 Å². The van der Waals surface area contributed by atoms with Crippen LogP contribution in [0.15, 0.2) is 52.3 Å². The lowest BCUT2D eigenvalue weighted by Crippen LogP contribution is -2.25. The zero-order valence-electron chi connectivity index (χ0n) is 14.8. The molecule has 0 saturated carbocycles. The highest BCUT2D eigenvalue weighted by Crippen LogP contribution is 2.39. The minimum atomic E-state index is -0.385. The average molecular weight is 386 g/mol. The van der Waals surface area contributed by atoms with Gasteiger partial charge in [-0.3, -0.25) is 9.59 Å². The van der Waals surface area contributed by atoms with E-state index in [1.165, 1.54) is 23.9 Å². The summed E-state index contributed by atoms with van der Waals surface area (Å²) in [5, 5.41) is 5.58. The maximum absolute atomic E-state index is 13.8. The van der Waals surface area contributed by atoms with E-state index in [4.69, 9.17) is 4.74 Å². The number of ether oxygens (including phenoxy) is 1. The van der Waals surface area contributed by atoms with Crippen molar-refractivity contribution in [3.05, 3.63) is 64.3 Å². The lowest BCUT2D eigenvalue weighted by molar-refractivity contribution is -0.112. The van der Waals surface area contributed by atoms with Crippen molar-refractivity contribution in [2.45, 2.75) is 11.3 Å². The van der Waals surface area contributed by atoms with Crippen molar-refractivity contribution in [3.8, 4) is 0 Å². The van der Waals surface area contributed by atoms with E-state index in [-0.39, 0.29) is 17.6 Å². The van der Waals surface area contributed by atoms with Crippen LogP contribution in [0.25, 0.3) is 6.08 Å². The van der Waals surface area contributed by atoms with Crippen LogP contribution in [0.4, 0.5) is 10.1 Å². The fourth-order valence-corrected chi connectivity index (χ4v) is 3.48. The van der Waals surface area contributed by atoms with E-state index < -0.39 is 0 Å². The van der Waals surface area contributed by atoms with Crippen molar-refractivity contribution in [3.63, 3.8) is 0 Å². The molecule has 1 aliphatic heterocycles. The van der Waals surface area contributed by atoms with Crippen molar-refractivity contribution in [2.24, 2.45) is 0 Å². The van der Waals surface area contributed by atoms with Crippen LogP contribution in [-0.2, 0) is 9.53 Å². The number of halogens is 1. The monoisotopic (exact) mass is 386 g/mol. The fraction of sp³-hybridized carbons (Fsp3) is 0.200. The number of benzene rings is 2. The van der Waals surface area contributed by atoms with Crippen LogP contribution >= 0.6 is 11.8 Å². The number of thioether (sulfide) groups is 1. The molecule has 2 aromatic rings. The van der Waals surface area contributed by atoms with Gasteiger partial charge in [-0.15, -0.1) is 0 Å². The van der Waals surface area contributed by atoms with Gasteiger partial charge in [-0.25, -0.2) is 4.39 Å². The highest BCUT2D eigenvalue weighted by molar-refractivity contribution is 8.04. The van der Waals surface area contributed by atoms with E-state index in [9.17, 15) is 14.0 Å². The number of methoxy groups -OCH3 is 1. The zero-order valence-corrected chi connectivity index (χ0v) is 15.6. The number of hydrogen-bond donors (Lipinski definition) is 2. The molecule has 0 unspecified atom stereocenters. The van der Waals surface area contributed by atoms with Gasteiger partial charge in [0.05, 0.1) is 10.6 Å². The number of carbonyl (C=O) groups is 2. The molecule has 1 heterocycles. The molecule has 0 atom stereocenters. The molecule has 0 aromatic heterocycles. The maximum atomic E-state index is 13.8. The number of fused-ring (bicyclic) bond motifs is 1. The van der Waals surface area contributed by atoms with Crippen molar-refractivity contribution < 1.29 is 18.7 Å². The van der Waals surface area contributed by atoms with Crippen molar-refractivity contribution >= 4 is 35.3 Å². The first-order valence-electron chi connectivity index (χ1n) is 8.45. The fourth-order valence-electron chi connectivity index (χ4n) is 2.56. The van der Waals surface area contributed by atoms with Gasteiger partial charge in [-0.2, -0.15) is 0 Å². The minimum absolute atomic E-state index is 0.208. The summed E-state index contributed by atoms with van der Waals surface area (Å²) in [5.74, 6) is -0.918. The quantitative estimate of drug-likeness (QED) is 0.587. The molecule has 140 valence electrons. The molecule has 0 radical (unpaired) electrons. The molecule has 1 aliphatic rings. The zero-order chi connectivity index (χ0) is 19.2. The number of rotatable bonds is 6. The largest absolute Gasteiger partial charge is 0.385 e. The summed E-state index contributed by atoms with van der Waals surface area (Å²) >= 11 is 1.25. The summed E-state index contributed by atoms with van der Waals surface area (Å²) in [7, 11) is 1.61. The summed E-state index contributed by atoms with van der Waals surface area (Å²) in [6.07, 6.45) is 2.25. The van der Waals surface area contributed by atoms with Gasteiger partial charge in [0.1, 0.15) is 5.82 Å². The number of carbonyl (C=O) groups excluding carboxylic acids is 2. The van der Waals surface area contributed by atoms with E-state index in [0.717, 1.165) is 11.3 Å². The van der Waals surface area contributed by atoms with Gasteiger partial charge < -0.3 is 15.4 Å². The van der Waals surface area contributed by atoms with Gasteiger partial charge in [0.2, 0.25) is 0 Å². The van der Waals surface area contributed by atoms with Gasteiger partial charge in [0.25, 0.3) is 11.8 Å². The number of amides is 2. The third-order valence-electron chi connectivity index (χ3n) is 3.94. The lowest BCUT2D eigenvalue weighted by atomic mass is 10.1. The van der Waals surface area contributed by atoms with Crippen LogP contribution < -0.4 is 10.6 Å². The molecule has 2 N–H and O–H groups in total. The summed E-state index contributed by atoms with van der Waals surface area (Å²) in [4.78, 5) is 25.7. The second-order valence-electron chi connectivity index (χ2n) is 5.90. The third-order valence-corrected chi connectivity index (χ3v) is 5.04. The lowest BCUT2D eigenvalue weighted by Gasteiger charge is -2.19. The molecule has 2 aromatic carbocycles. The Bertz CT molecular complexity index is 899. The van der Waals surface area contributed by atoms with Gasteiger partial charge >= 0.3 is 0 Å². The highest BCUT2D eigenvalue weighted by atomic mass is 32.2. The Morgan fingerprint density at radius 2 is 2.11 bits per heavy atom. The predicted octanol–water partition coefficient (Wildman–Crippen LogP) is 3.68. The highest BCUT2D eigenvalue weighted by Gasteiger charge is 2.22. The van der Waals surface area contributed by atoms with Gasteiger partial charge in [-0.05, 0) is 36.8 Å². The molecule has 7 heteroatoms. The second kappa shape index (κ2) is 8.83. The van der Waals surface area contributed by atoms with Crippen LogP contribution in [0, 0.1) is 5.82 Å². The SMILES string of the molecule is COCCCNC(=O)c1ccc2c(c1)NC(=O)C(=Cc1ccccc1F)S2. The van der Waals surface area contributed by atoms with E-state index >= 15 is 0 Å². The van der Waals surface area contributed by atoms with Crippen LogP contribution in [0.2, 0.25) is 0 Å². The van der Waals surface area contributed by atoms with Gasteiger partial charge in [-0.1, -0.05) is 30.0 Å². The summed E-state index contributed by atoms with van der Waals surface area (Å²) < 4.78 is 18.8. The Morgan fingerprint density at radius 3 is 2.89 bits per heavy atom. The normalized spacial score (nSPS) is 14.6. The van der Waals surface area contributed by atoms with Crippen LogP contribution in [-0.4, -0.2) is 32.1 Å². The Hall–Kier alpha value is -2.64. The molecule has 2 amide bonds.